The molecule has 0 spiro atoms. The second kappa shape index (κ2) is 8.48. The van der Waals surface area contributed by atoms with Crippen LogP contribution < -0.4 is 5.32 Å². The maximum absolute atomic E-state index is 10.9. The number of nitrogens with one attached hydrogen (secondary N) is 1. The molecule has 3 N–H and O–H groups in total. The summed E-state index contributed by atoms with van der Waals surface area (Å²) in [4.78, 5) is 10.9. The molecule has 0 heterocycles. The maximum atomic E-state index is 10.9. The topological polar surface area (TPSA) is 69.6 Å². The molecule has 0 amide bonds. The Balaban J connectivity index is 3.66. The van der Waals surface area contributed by atoms with Gasteiger partial charge in [0.05, 0.1) is 5.92 Å². The molecule has 0 saturated carbocycles. The lowest BCUT2D eigenvalue weighted by atomic mass is 9.91. The van der Waals surface area contributed by atoms with Gasteiger partial charge < -0.3 is 10.2 Å². The number of rotatable bonds is 9. The smallest absolute Gasteiger partial charge is 0.306 e. The number of hydrogen-bond acceptors (Lipinski definition) is 3. The number of carbonyl (C=O) groups is 1. The van der Waals surface area contributed by atoms with Crippen LogP contribution in [-0.4, -0.2) is 29.0 Å². The number of aliphatic hydroxyl groups is 1. The zero-order valence-corrected chi connectivity index (χ0v) is 11.4. The average molecular weight is 245 g/mol. The van der Waals surface area contributed by atoms with Crippen molar-refractivity contribution < 1.29 is 15.0 Å². The van der Waals surface area contributed by atoms with E-state index < -0.39 is 12.2 Å². The molecule has 0 aliphatic heterocycles. The minimum Gasteiger partial charge on any atom is -0.481 e. The van der Waals surface area contributed by atoms with E-state index in [2.05, 4.69) is 5.32 Å². The molecule has 17 heavy (non-hydrogen) atoms. The van der Waals surface area contributed by atoms with Crippen molar-refractivity contribution in [2.45, 2.75) is 53.2 Å². The SMILES string of the molecule is CC(C)C(O)NCCCCC(C(=O)O)C(C)C. The van der Waals surface area contributed by atoms with Crippen molar-refractivity contribution in [1.82, 2.24) is 5.32 Å². The van der Waals surface area contributed by atoms with Gasteiger partial charge in [0.1, 0.15) is 6.23 Å². The zero-order chi connectivity index (χ0) is 13.4. The van der Waals surface area contributed by atoms with Crippen molar-refractivity contribution >= 4 is 5.97 Å². The molecular weight excluding hydrogens is 218 g/mol. The van der Waals surface area contributed by atoms with Crippen LogP contribution in [0.5, 0.6) is 0 Å². The molecule has 0 saturated heterocycles. The lowest BCUT2D eigenvalue weighted by molar-refractivity contribution is -0.143. The predicted octanol–water partition coefficient (Wildman–Crippen LogP) is 2.08. The number of carboxylic acid groups (broad SMARTS) is 1. The molecule has 0 fully saturated rings. The van der Waals surface area contributed by atoms with Gasteiger partial charge in [-0.3, -0.25) is 10.1 Å². The average Bonchev–Trinajstić information content (AvgIpc) is 2.21. The Kier molecular flexibility index (Phi) is 8.17. The molecule has 4 heteroatoms. The van der Waals surface area contributed by atoms with Crippen molar-refractivity contribution in [3.05, 3.63) is 0 Å². The monoisotopic (exact) mass is 245 g/mol. The molecule has 0 aromatic heterocycles. The van der Waals surface area contributed by atoms with Gasteiger partial charge in [-0.05, 0) is 31.2 Å². The van der Waals surface area contributed by atoms with E-state index in [4.69, 9.17) is 5.11 Å². The molecule has 0 bridgehead atoms. The molecule has 2 unspecified atom stereocenters. The van der Waals surface area contributed by atoms with Gasteiger partial charge in [0, 0.05) is 0 Å². The lowest BCUT2D eigenvalue weighted by Crippen LogP contribution is -2.34. The minimum absolute atomic E-state index is 0.182. The van der Waals surface area contributed by atoms with E-state index in [1.54, 1.807) is 0 Å². The molecule has 0 aliphatic rings. The standard InChI is InChI=1S/C13H27NO3/c1-9(2)11(13(16)17)7-5-6-8-14-12(15)10(3)4/h9-12,14-15H,5-8H2,1-4H3,(H,16,17). The number of carboxylic acids is 1. The third-order valence-corrected chi connectivity index (χ3v) is 3.05. The van der Waals surface area contributed by atoms with Crippen LogP contribution in [0.3, 0.4) is 0 Å². The minimum atomic E-state index is -0.699. The number of aliphatic hydroxyl groups excluding tert-OH is 1. The van der Waals surface area contributed by atoms with Gasteiger partial charge in [-0.15, -0.1) is 0 Å². The summed E-state index contributed by atoms with van der Waals surface area (Å²) in [5.74, 6) is -0.556. The molecule has 0 aromatic rings. The van der Waals surface area contributed by atoms with Gasteiger partial charge in [-0.2, -0.15) is 0 Å². The summed E-state index contributed by atoms with van der Waals surface area (Å²) >= 11 is 0. The van der Waals surface area contributed by atoms with Crippen LogP contribution >= 0.6 is 0 Å². The van der Waals surface area contributed by atoms with Gasteiger partial charge in [-0.1, -0.05) is 34.1 Å². The van der Waals surface area contributed by atoms with E-state index in [9.17, 15) is 9.90 Å². The van der Waals surface area contributed by atoms with Crippen molar-refractivity contribution in [3.8, 4) is 0 Å². The molecule has 4 nitrogen and oxygen atoms in total. The third-order valence-electron chi connectivity index (χ3n) is 3.05. The summed E-state index contributed by atoms with van der Waals surface area (Å²) in [5, 5.41) is 21.5. The van der Waals surface area contributed by atoms with Crippen LogP contribution in [0.15, 0.2) is 0 Å². The van der Waals surface area contributed by atoms with Gasteiger partial charge in [0.15, 0.2) is 0 Å². The first-order valence-corrected chi connectivity index (χ1v) is 6.50. The Bertz CT molecular complexity index is 217. The van der Waals surface area contributed by atoms with Crippen LogP contribution in [0.2, 0.25) is 0 Å². The summed E-state index contributed by atoms with van der Waals surface area (Å²) in [7, 11) is 0. The van der Waals surface area contributed by atoms with Gasteiger partial charge in [-0.25, -0.2) is 0 Å². The van der Waals surface area contributed by atoms with Crippen molar-refractivity contribution in [1.29, 1.82) is 0 Å². The second-order valence-electron chi connectivity index (χ2n) is 5.33. The summed E-state index contributed by atoms with van der Waals surface area (Å²) < 4.78 is 0. The van der Waals surface area contributed by atoms with Crippen molar-refractivity contribution in [3.63, 3.8) is 0 Å². The van der Waals surface area contributed by atoms with E-state index >= 15 is 0 Å². The number of hydrogen-bond donors (Lipinski definition) is 3. The quantitative estimate of drug-likeness (QED) is 0.430. The predicted molar refractivity (Wildman–Crippen MR) is 68.7 cm³/mol. The van der Waals surface area contributed by atoms with Crippen LogP contribution in [0.4, 0.5) is 0 Å². The molecule has 0 rings (SSSR count). The highest BCUT2D eigenvalue weighted by atomic mass is 16.4. The van der Waals surface area contributed by atoms with Crippen molar-refractivity contribution in [2.75, 3.05) is 6.54 Å². The molecule has 0 aliphatic carbocycles. The number of aliphatic carboxylic acids is 1. The van der Waals surface area contributed by atoms with Crippen LogP contribution in [-0.2, 0) is 4.79 Å². The van der Waals surface area contributed by atoms with Gasteiger partial charge >= 0.3 is 5.97 Å². The summed E-state index contributed by atoms with van der Waals surface area (Å²) in [6.45, 7) is 8.54. The fourth-order valence-corrected chi connectivity index (χ4v) is 1.72. The number of unbranched alkanes of at least 4 members (excludes halogenated alkanes) is 1. The highest BCUT2D eigenvalue weighted by Crippen LogP contribution is 2.18. The van der Waals surface area contributed by atoms with E-state index in [1.165, 1.54) is 0 Å². The lowest BCUT2D eigenvalue weighted by Gasteiger charge is -2.18. The summed E-state index contributed by atoms with van der Waals surface area (Å²) in [6, 6.07) is 0. The van der Waals surface area contributed by atoms with E-state index in [0.717, 1.165) is 19.4 Å². The fraction of sp³-hybridized carbons (Fsp3) is 0.923. The molecule has 2 atom stereocenters. The Hall–Kier alpha value is -0.610. The first kappa shape index (κ1) is 16.4. The summed E-state index contributed by atoms with van der Waals surface area (Å²) in [5.41, 5.74) is 0. The highest BCUT2D eigenvalue weighted by molar-refractivity contribution is 5.70. The van der Waals surface area contributed by atoms with Crippen LogP contribution in [0.1, 0.15) is 47.0 Å². The fourth-order valence-electron chi connectivity index (χ4n) is 1.72. The third kappa shape index (κ3) is 7.34. The highest BCUT2D eigenvalue weighted by Gasteiger charge is 2.20. The first-order valence-electron chi connectivity index (χ1n) is 6.50. The second-order valence-corrected chi connectivity index (χ2v) is 5.33. The normalized spacial score (nSPS) is 15.2. The molecular formula is C13H27NO3. The van der Waals surface area contributed by atoms with Crippen LogP contribution in [0, 0.1) is 17.8 Å². The maximum Gasteiger partial charge on any atom is 0.306 e. The van der Waals surface area contributed by atoms with E-state index in [-0.39, 0.29) is 17.8 Å². The molecule has 0 radical (unpaired) electrons. The van der Waals surface area contributed by atoms with Crippen LogP contribution in [0.25, 0.3) is 0 Å². The van der Waals surface area contributed by atoms with Gasteiger partial charge in [0.25, 0.3) is 0 Å². The Morgan fingerprint density at radius 2 is 1.71 bits per heavy atom. The van der Waals surface area contributed by atoms with Gasteiger partial charge in [0.2, 0.25) is 0 Å². The van der Waals surface area contributed by atoms with E-state index in [0.29, 0.717) is 6.42 Å². The Labute approximate surface area is 104 Å². The largest absolute Gasteiger partial charge is 0.481 e. The Morgan fingerprint density at radius 1 is 1.12 bits per heavy atom. The van der Waals surface area contributed by atoms with E-state index in [1.807, 2.05) is 27.7 Å². The first-order chi connectivity index (χ1) is 7.86. The Morgan fingerprint density at radius 3 is 2.12 bits per heavy atom. The zero-order valence-electron chi connectivity index (χ0n) is 11.4. The summed E-state index contributed by atoms with van der Waals surface area (Å²) in [6.07, 6.45) is 2.04. The molecule has 102 valence electrons. The molecule has 0 aromatic carbocycles. The van der Waals surface area contributed by atoms with Crippen molar-refractivity contribution in [2.24, 2.45) is 17.8 Å².